The SMILES string of the molecule is CCOC(CC)(CC)C(NC)c1cncc(F)c1. The van der Waals surface area contributed by atoms with Crippen LogP contribution in [0.1, 0.15) is 45.2 Å². The Morgan fingerprint density at radius 2 is 2.00 bits per heavy atom. The second kappa shape index (κ2) is 6.81. The van der Waals surface area contributed by atoms with Gasteiger partial charge in [0.25, 0.3) is 0 Å². The van der Waals surface area contributed by atoms with Crippen molar-refractivity contribution in [3.8, 4) is 0 Å². The van der Waals surface area contributed by atoms with Gasteiger partial charge in [-0.25, -0.2) is 4.39 Å². The number of hydrogen-bond donors (Lipinski definition) is 1. The Bertz CT molecular complexity index is 367. The largest absolute Gasteiger partial charge is 0.373 e. The van der Waals surface area contributed by atoms with Crippen LogP contribution in [0.3, 0.4) is 0 Å². The first-order chi connectivity index (χ1) is 8.63. The first-order valence-corrected chi connectivity index (χ1v) is 6.55. The van der Waals surface area contributed by atoms with Crippen LogP contribution in [0.4, 0.5) is 4.39 Å². The van der Waals surface area contributed by atoms with E-state index < -0.39 is 0 Å². The van der Waals surface area contributed by atoms with E-state index in [9.17, 15) is 4.39 Å². The topological polar surface area (TPSA) is 34.1 Å². The van der Waals surface area contributed by atoms with Gasteiger partial charge in [-0.3, -0.25) is 4.98 Å². The second-order valence-corrected chi connectivity index (χ2v) is 4.36. The van der Waals surface area contributed by atoms with Crippen LogP contribution in [0.5, 0.6) is 0 Å². The highest BCUT2D eigenvalue weighted by molar-refractivity contribution is 5.19. The average molecular weight is 254 g/mol. The number of nitrogens with zero attached hydrogens (tertiary/aromatic N) is 1. The van der Waals surface area contributed by atoms with E-state index >= 15 is 0 Å². The molecule has 3 nitrogen and oxygen atoms in total. The van der Waals surface area contributed by atoms with E-state index in [1.54, 1.807) is 6.20 Å². The first kappa shape index (κ1) is 15.1. The summed E-state index contributed by atoms with van der Waals surface area (Å²) < 4.78 is 19.3. The molecule has 0 saturated carbocycles. The van der Waals surface area contributed by atoms with Gasteiger partial charge in [-0.2, -0.15) is 0 Å². The number of pyridine rings is 1. The highest BCUT2D eigenvalue weighted by Crippen LogP contribution is 2.35. The van der Waals surface area contributed by atoms with E-state index in [-0.39, 0.29) is 17.5 Å². The average Bonchev–Trinajstić information content (AvgIpc) is 2.38. The van der Waals surface area contributed by atoms with Crippen LogP contribution in [-0.2, 0) is 4.74 Å². The summed E-state index contributed by atoms with van der Waals surface area (Å²) in [6.07, 6.45) is 4.64. The Labute approximate surface area is 109 Å². The van der Waals surface area contributed by atoms with E-state index in [1.807, 2.05) is 14.0 Å². The number of hydrogen-bond acceptors (Lipinski definition) is 3. The molecule has 1 aromatic heterocycles. The summed E-state index contributed by atoms with van der Waals surface area (Å²) in [4.78, 5) is 3.92. The molecule has 4 heteroatoms. The van der Waals surface area contributed by atoms with Crippen LogP contribution < -0.4 is 5.32 Å². The normalized spacial score (nSPS) is 13.6. The Morgan fingerprint density at radius 1 is 1.33 bits per heavy atom. The number of rotatable bonds is 7. The zero-order valence-electron chi connectivity index (χ0n) is 11.7. The van der Waals surface area contributed by atoms with Gasteiger partial charge in [-0.05, 0) is 38.4 Å². The fraction of sp³-hybridized carbons (Fsp3) is 0.643. The third-order valence-corrected chi connectivity index (χ3v) is 3.50. The van der Waals surface area contributed by atoms with Gasteiger partial charge >= 0.3 is 0 Å². The molecule has 102 valence electrons. The van der Waals surface area contributed by atoms with Crippen molar-refractivity contribution in [1.82, 2.24) is 10.3 Å². The smallest absolute Gasteiger partial charge is 0.141 e. The van der Waals surface area contributed by atoms with Gasteiger partial charge in [0.05, 0.1) is 17.8 Å². The molecule has 0 bridgehead atoms. The minimum atomic E-state index is -0.320. The fourth-order valence-electron chi connectivity index (χ4n) is 2.55. The fourth-order valence-corrected chi connectivity index (χ4v) is 2.55. The maximum Gasteiger partial charge on any atom is 0.141 e. The lowest BCUT2D eigenvalue weighted by Gasteiger charge is -2.39. The Balaban J connectivity index is 3.13. The standard InChI is InChI=1S/C14H23FN2O/c1-5-14(6-2,18-7-3)13(16-4)11-8-12(15)10-17-9-11/h8-10,13,16H,5-7H2,1-4H3. The van der Waals surface area contributed by atoms with E-state index in [4.69, 9.17) is 4.74 Å². The van der Waals surface area contributed by atoms with Crippen molar-refractivity contribution >= 4 is 0 Å². The summed E-state index contributed by atoms with van der Waals surface area (Å²) in [7, 11) is 1.87. The third-order valence-electron chi connectivity index (χ3n) is 3.50. The maximum absolute atomic E-state index is 13.3. The molecule has 0 spiro atoms. The lowest BCUT2D eigenvalue weighted by atomic mass is 9.84. The monoisotopic (exact) mass is 254 g/mol. The van der Waals surface area contributed by atoms with Crippen LogP contribution >= 0.6 is 0 Å². The molecule has 1 aromatic rings. The van der Waals surface area contributed by atoms with Crippen molar-refractivity contribution in [1.29, 1.82) is 0 Å². The summed E-state index contributed by atoms with van der Waals surface area (Å²) in [5, 5.41) is 3.24. The van der Waals surface area contributed by atoms with E-state index in [0.29, 0.717) is 6.61 Å². The van der Waals surface area contributed by atoms with Crippen molar-refractivity contribution < 1.29 is 9.13 Å². The van der Waals surface area contributed by atoms with E-state index in [1.165, 1.54) is 12.3 Å². The van der Waals surface area contributed by atoms with Crippen molar-refractivity contribution in [3.63, 3.8) is 0 Å². The summed E-state index contributed by atoms with van der Waals surface area (Å²) in [6, 6.07) is 1.46. The number of nitrogens with one attached hydrogen (secondary N) is 1. The maximum atomic E-state index is 13.3. The molecule has 0 fully saturated rings. The van der Waals surface area contributed by atoms with Gasteiger partial charge in [0.15, 0.2) is 0 Å². The molecule has 1 unspecified atom stereocenters. The number of aromatic nitrogens is 1. The summed E-state index contributed by atoms with van der Waals surface area (Å²) in [5.74, 6) is -0.314. The molecule has 18 heavy (non-hydrogen) atoms. The van der Waals surface area contributed by atoms with E-state index in [0.717, 1.165) is 18.4 Å². The van der Waals surface area contributed by atoms with Crippen molar-refractivity contribution in [2.45, 2.75) is 45.3 Å². The highest BCUT2D eigenvalue weighted by atomic mass is 19.1. The molecular weight excluding hydrogens is 231 g/mol. The van der Waals surface area contributed by atoms with Gasteiger partial charge in [-0.15, -0.1) is 0 Å². The van der Waals surface area contributed by atoms with E-state index in [2.05, 4.69) is 24.1 Å². The number of likely N-dealkylation sites (N-methyl/N-ethyl adjacent to an activating group) is 1. The molecule has 0 aliphatic heterocycles. The Morgan fingerprint density at radius 3 is 2.44 bits per heavy atom. The molecule has 1 rings (SSSR count). The van der Waals surface area contributed by atoms with Crippen molar-refractivity contribution in [2.75, 3.05) is 13.7 Å². The zero-order chi connectivity index (χ0) is 13.6. The predicted octanol–water partition coefficient (Wildman–Crippen LogP) is 3.08. The van der Waals surface area contributed by atoms with Crippen LogP contribution in [0.15, 0.2) is 18.5 Å². The molecule has 0 saturated heterocycles. The lowest BCUT2D eigenvalue weighted by molar-refractivity contribution is -0.0718. The van der Waals surface area contributed by atoms with Crippen molar-refractivity contribution in [2.24, 2.45) is 0 Å². The predicted molar refractivity (Wildman–Crippen MR) is 70.9 cm³/mol. The Kier molecular flexibility index (Phi) is 5.69. The molecule has 0 aliphatic rings. The van der Waals surface area contributed by atoms with Crippen LogP contribution in [-0.4, -0.2) is 24.2 Å². The molecule has 1 N–H and O–H groups in total. The summed E-state index contributed by atoms with van der Waals surface area (Å²) in [5.41, 5.74) is 0.508. The molecular formula is C14H23FN2O. The second-order valence-electron chi connectivity index (χ2n) is 4.36. The highest BCUT2D eigenvalue weighted by Gasteiger charge is 2.36. The molecule has 1 atom stereocenters. The zero-order valence-corrected chi connectivity index (χ0v) is 11.7. The molecule has 0 amide bonds. The first-order valence-electron chi connectivity index (χ1n) is 6.55. The van der Waals surface area contributed by atoms with Gasteiger partial charge in [0, 0.05) is 12.8 Å². The Hall–Kier alpha value is -1.00. The minimum Gasteiger partial charge on any atom is -0.373 e. The van der Waals surface area contributed by atoms with Gasteiger partial charge in [0.2, 0.25) is 0 Å². The minimum absolute atomic E-state index is 0.0596. The molecule has 1 heterocycles. The molecule has 0 aromatic carbocycles. The molecule has 0 aliphatic carbocycles. The van der Waals surface area contributed by atoms with Crippen LogP contribution in [0.2, 0.25) is 0 Å². The summed E-state index contributed by atoms with van der Waals surface area (Å²) in [6.45, 7) is 6.81. The van der Waals surface area contributed by atoms with Crippen LogP contribution in [0, 0.1) is 5.82 Å². The summed E-state index contributed by atoms with van der Waals surface area (Å²) >= 11 is 0. The third kappa shape index (κ3) is 3.06. The lowest BCUT2D eigenvalue weighted by Crippen LogP contribution is -2.44. The molecule has 0 radical (unpaired) electrons. The number of halogens is 1. The number of ether oxygens (including phenoxy) is 1. The van der Waals surface area contributed by atoms with Gasteiger partial charge in [-0.1, -0.05) is 13.8 Å². The van der Waals surface area contributed by atoms with Gasteiger partial charge in [0.1, 0.15) is 5.82 Å². The van der Waals surface area contributed by atoms with Crippen LogP contribution in [0.25, 0.3) is 0 Å². The quantitative estimate of drug-likeness (QED) is 0.812. The van der Waals surface area contributed by atoms with Gasteiger partial charge < -0.3 is 10.1 Å². The van der Waals surface area contributed by atoms with Crippen molar-refractivity contribution in [3.05, 3.63) is 29.8 Å².